The van der Waals surface area contributed by atoms with Gasteiger partial charge in [-0.15, -0.1) is 5.92 Å². The molecule has 0 amide bonds. The minimum absolute atomic E-state index is 0.202. The van der Waals surface area contributed by atoms with E-state index in [-0.39, 0.29) is 5.92 Å². The molecule has 0 aliphatic carbocycles. The molecule has 0 aromatic carbocycles. The third-order valence-electron chi connectivity index (χ3n) is 1.99. The molecule has 1 aliphatic heterocycles. The predicted octanol–water partition coefficient (Wildman–Crippen LogP) is 0.876. The van der Waals surface area contributed by atoms with E-state index in [2.05, 4.69) is 11.6 Å². The monoisotopic (exact) mass is 140 g/mol. The van der Waals surface area contributed by atoms with E-state index in [0.717, 1.165) is 25.9 Å². The standard InChI is InChI=1S/C8H14NO/c10-7-8-3-1-2-5-9-6-4-8/h8-9H,1-6H2/q-1. The summed E-state index contributed by atoms with van der Waals surface area (Å²) in [6, 6.07) is 0. The summed E-state index contributed by atoms with van der Waals surface area (Å²) >= 11 is 0. The zero-order valence-corrected chi connectivity index (χ0v) is 6.23. The zero-order chi connectivity index (χ0) is 7.23. The topological polar surface area (TPSA) is 29.1 Å². The Bertz CT molecular complexity index is 95.4. The smallest absolute Gasteiger partial charge is 0.00489 e. The maximum atomic E-state index is 10.3. The third-order valence-corrected chi connectivity index (χ3v) is 1.99. The molecule has 1 unspecified atom stereocenters. The summed E-state index contributed by atoms with van der Waals surface area (Å²) in [7, 11) is 0. The average Bonchev–Trinajstić information content (AvgIpc) is 1.87. The van der Waals surface area contributed by atoms with Crippen molar-refractivity contribution >= 4 is 6.29 Å². The van der Waals surface area contributed by atoms with Gasteiger partial charge < -0.3 is 10.1 Å². The molecule has 58 valence electrons. The van der Waals surface area contributed by atoms with Crippen LogP contribution < -0.4 is 5.32 Å². The lowest BCUT2D eigenvalue weighted by molar-refractivity contribution is 0.437. The quantitative estimate of drug-likeness (QED) is 0.548. The van der Waals surface area contributed by atoms with E-state index in [1.54, 1.807) is 0 Å². The molecule has 0 bridgehead atoms. The Morgan fingerprint density at radius 2 is 2.10 bits per heavy atom. The van der Waals surface area contributed by atoms with Gasteiger partial charge >= 0.3 is 0 Å². The molecule has 1 saturated heterocycles. The van der Waals surface area contributed by atoms with Crippen LogP contribution in [0.4, 0.5) is 0 Å². The van der Waals surface area contributed by atoms with Crippen molar-refractivity contribution in [3.63, 3.8) is 0 Å². The summed E-state index contributed by atoms with van der Waals surface area (Å²) in [5, 5.41) is 3.27. The third kappa shape index (κ3) is 2.48. The second kappa shape index (κ2) is 4.45. The Hall–Kier alpha value is -0.370. The highest BCUT2D eigenvalue weighted by atomic mass is 16.1. The molecule has 0 aromatic rings. The molecule has 0 spiro atoms. The van der Waals surface area contributed by atoms with Crippen molar-refractivity contribution in [3.05, 3.63) is 0 Å². The van der Waals surface area contributed by atoms with Gasteiger partial charge in [-0.2, -0.15) is 0 Å². The summed E-state index contributed by atoms with van der Waals surface area (Å²) in [5.41, 5.74) is 0. The number of rotatable bonds is 1. The largest absolute Gasteiger partial charge is 0.542 e. The maximum absolute atomic E-state index is 10.3. The van der Waals surface area contributed by atoms with Gasteiger partial charge in [-0.1, -0.05) is 19.3 Å². The normalized spacial score (nSPS) is 28.6. The first-order valence-electron chi connectivity index (χ1n) is 4.02. The molecule has 1 heterocycles. The van der Waals surface area contributed by atoms with Crippen LogP contribution in [0, 0.1) is 5.92 Å². The van der Waals surface area contributed by atoms with Crippen LogP contribution in [0.25, 0.3) is 0 Å². The van der Waals surface area contributed by atoms with E-state index >= 15 is 0 Å². The van der Waals surface area contributed by atoms with Crippen LogP contribution in [0.1, 0.15) is 25.7 Å². The first kappa shape index (κ1) is 7.73. The highest BCUT2D eigenvalue weighted by Gasteiger charge is 2.00. The molecule has 1 N–H and O–H groups in total. The molecule has 0 aromatic heterocycles. The van der Waals surface area contributed by atoms with Gasteiger partial charge in [-0.05, 0) is 19.5 Å². The lowest BCUT2D eigenvalue weighted by Crippen LogP contribution is -2.22. The van der Waals surface area contributed by atoms with Crippen LogP contribution in [0.15, 0.2) is 0 Å². The first-order valence-corrected chi connectivity index (χ1v) is 4.02. The minimum atomic E-state index is 0.202. The minimum Gasteiger partial charge on any atom is -0.542 e. The van der Waals surface area contributed by atoms with E-state index in [1.165, 1.54) is 12.8 Å². The van der Waals surface area contributed by atoms with Gasteiger partial charge in [-0.25, -0.2) is 0 Å². The van der Waals surface area contributed by atoms with E-state index < -0.39 is 0 Å². The Kier molecular flexibility index (Phi) is 3.44. The van der Waals surface area contributed by atoms with Gasteiger partial charge in [0.1, 0.15) is 0 Å². The van der Waals surface area contributed by atoms with Crippen LogP contribution >= 0.6 is 0 Å². The summed E-state index contributed by atoms with van der Waals surface area (Å²) in [4.78, 5) is 10.3. The lowest BCUT2D eigenvalue weighted by Gasteiger charge is -2.21. The number of carbonyl (C=O) groups excluding carboxylic acids is 1. The van der Waals surface area contributed by atoms with Crippen LogP contribution in [0.5, 0.6) is 0 Å². The fourth-order valence-electron chi connectivity index (χ4n) is 1.30. The number of nitrogens with one attached hydrogen (secondary N) is 1. The van der Waals surface area contributed by atoms with Crippen molar-refractivity contribution in [3.8, 4) is 0 Å². The molecular formula is C8H14NO-. The molecule has 0 radical (unpaired) electrons. The fourth-order valence-corrected chi connectivity index (χ4v) is 1.30. The van der Waals surface area contributed by atoms with Crippen molar-refractivity contribution in [2.45, 2.75) is 25.7 Å². The number of hydrogen-bond acceptors (Lipinski definition) is 2. The highest BCUT2D eigenvalue weighted by Crippen LogP contribution is 2.11. The summed E-state index contributed by atoms with van der Waals surface area (Å²) in [6.07, 6.45) is 6.48. The molecule has 1 atom stereocenters. The molecule has 1 fully saturated rings. The predicted molar refractivity (Wildman–Crippen MR) is 40.5 cm³/mol. The van der Waals surface area contributed by atoms with Crippen LogP contribution in [0.3, 0.4) is 0 Å². The van der Waals surface area contributed by atoms with Crippen molar-refractivity contribution in [1.82, 2.24) is 5.32 Å². The highest BCUT2D eigenvalue weighted by molar-refractivity contribution is 5.54. The summed E-state index contributed by atoms with van der Waals surface area (Å²) in [5.74, 6) is 0.202. The van der Waals surface area contributed by atoms with E-state index in [4.69, 9.17) is 0 Å². The van der Waals surface area contributed by atoms with Crippen LogP contribution in [-0.2, 0) is 4.79 Å². The fraction of sp³-hybridized carbons (Fsp3) is 0.875. The zero-order valence-electron chi connectivity index (χ0n) is 6.23. The van der Waals surface area contributed by atoms with Gasteiger partial charge in [0.05, 0.1) is 0 Å². The van der Waals surface area contributed by atoms with Gasteiger partial charge in [0.15, 0.2) is 0 Å². The van der Waals surface area contributed by atoms with Crippen LogP contribution in [0.2, 0.25) is 0 Å². The van der Waals surface area contributed by atoms with E-state index in [9.17, 15) is 4.79 Å². The van der Waals surface area contributed by atoms with Gasteiger partial charge in [0.25, 0.3) is 0 Å². The SMILES string of the molecule is O=[C-]C1CCCCNCC1. The average molecular weight is 140 g/mol. The Morgan fingerprint density at radius 1 is 1.20 bits per heavy atom. The molecular weight excluding hydrogens is 126 g/mol. The molecule has 2 heteroatoms. The van der Waals surface area contributed by atoms with Crippen molar-refractivity contribution in [2.24, 2.45) is 5.92 Å². The van der Waals surface area contributed by atoms with Crippen LogP contribution in [-0.4, -0.2) is 19.4 Å². The van der Waals surface area contributed by atoms with Crippen molar-refractivity contribution in [1.29, 1.82) is 0 Å². The van der Waals surface area contributed by atoms with Crippen molar-refractivity contribution < 1.29 is 4.79 Å². The van der Waals surface area contributed by atoms with Crippen molar-refractivity contribution in [2.75, 3.05) is 13.1 Å². The summed E-state index contributed by atoms with van der Waals surface area (Å²) in [6.45, 7) is 2.10. The molecule has 0 saturated carbocycles. The van der Waals surface area contributed by atoms with Gasteiger partial charge in [0, 0.05) is 0 Å². The Balaban J connectivity index is 2.22. The van der Waals surface area contributed by atoms with E-state index in [1.807, 2.05) is 0 Å². The first-order chi connectivity index (χ1) is 4.93. The molecule has 1 aliphatic rings. The summed E-state index contributed by atoms with van der Waals surface area (Å²) < 4.78 is 0. The number of hydrogen-bond donors (Lipinski definition) is 1. The molecule has 10 heavy (non-hydrogen) atoms. The van der Waals surface area contributed by atoms with Gasteiger partial charge in [-0.3, -0.25) is 6.29 Å². The van der Waals surface area contributed by atoms with Gasteiger partial charge in [0.2, 0.25) is 0 Å². The van der Waals surface area contributed by atoms with E-state index in [0.29, 0.717) is 0 Å². The Labute approximate surface area is 62.0 Å². The second-order valence-corrected chi connectivity index (χ2v) is 2.85. The lowest BCUT2D eigenvalue weighted by atomic mass is 9.98. The second-order valence-electron chi connectivity index (χ2n) is 2.85. The molecule has 2 nitrogen and oxygen atoms in total. The molecule has 1 rings (SSSR count). The maximum Gasteiger partial charge on any atom is -0.00489 e. The Morgan fingerprint density at radius 3 is 2.90 bits per heavy atom.